The molecule has 0 unspecified atom stereocenters. The Hall–Kier alpha value is -1.64. The first-order chi connectivity index (χ1) is 7.69. The van der Waals surface area contributed by atoms with Crippen LogP contribution in [0, 0.1) is 5.41 Å². The highest BCUT2D eigenvalue weighted by atomic mass is 16.2. The quantitative estimate of drug-likeness (QED) is 0.703. The molecule has 3 heteroatoms. The Morgan fingerprint density at radius 2 is 2.19 bits per heavy atom. The molecule has 3 nitrogen and oxygen atoms in total. The van der Waals surface area contributed by atoms with Gasteiger partial charge in [0.15, 0.2) is 0 Å². The summed E-state index contributed by atoms with van der Waals surface area (Å²) in [7, 11) is 0. The van der Waals surface area contributed by atoms with Crippen LogP contribution in [0.4, 0.5) is 0 Å². The fraction of sp³-hybridized carbons (Fsp3) is 0.385. The zero-order valence-electron chi connectivity index (χ0n) is 9.29. The van der Waals surface area contributed by atoms with Crippen molar-refractivity contribution in [3.8, 4) is 0 Å². The third kappa shape index (κ3) is 1.28. The number of hydrogen-bond acceptors (Lipinski definition) is 2. The van der Waals surface area contributed by atoms with E-state index in [-0.39, 0.29) is 11.3 Å². The van der Waals surface area contributed by atoms with Crippen molar-refractivity contribution in [2.75, 3.05) is 0 Å². The van der Waals surface area contributed by atoms with Gasteiger partial charge < -0.3 is 0 Å². The van der Waals surface area contributed by atoms with Gasteiger partial charge in [-0.1, -0.05) is 31.2 Å². The zero-order valence-corrected chi connectivity index (χ0v) is 9.29. The second kappa shape index (κ2) is 3.17. The summed E-state index contributed by atoms with van der Waals surface area (Å²) in [6.45, 7) is 2.14. The molecule has 0 fully saturated rings. The maximum atomic E-state index is 11.4. The summed E-state index contributed by atoms with van der Waals surface area (Å²) in [5.41, 5.74) is 6.12. The fourth-order valence-corrected chi connectivity index (χ4v) is 2.70. The number of rotatable bonds is 0. The molecule has 16 heavy (non-hydrogen) atoms. The number of amides is 1. The molecule has 2 aliphatic rings. The first-order valence-corrected chi connectivity index (χ1v) is 5.64. The molecule has 0 saturated carbocycles. The summed E-state index contributed by atoms with van der Waals surface area (Å²) >= 11 is 0. The third-order valence-electron chi connectivity index (χ3n) is 3.63. The predicted molar refractivity (Wildman–Crippen MR) is 62.2 cm³/mol. The number of benzene rings is 1. The molecule has 82 valence electrons. The molecule has 1 atom stereocenters. The molecule has 0 bridgehead atoms. The number of fused-ring (bicyclic) bond motifs is 3. The smallest absolute Gasteiger partial charge is 0.241 e. The van der Waals surface area contributed by atoms with Crippen molar-refractivity contribution in [1.82, 2.24) is 5.43 Å². The number of hydrogen-bond donors (Lipinski definition) is 1. The van der Waals surface area contributed by atoms with Crippen molar-refractivity contribution in [1.29, 1.82) is 0 Å². The number of hydrazone groups is 1. The van der Waals surface area contributed by atoms with E-state index in [0.717, 1.165) is 18.6 Å². The van der Waals surface area contributed by atoms with Gasteiger partial charge in [-0.25, -0.2) is 5.43 Å². The van der Waals surface area contributed by atoms with Crippen LogP contribution in [0.15, 0.2) is 29.4 Å². The van der Waals surface area contributed by atoms with Crippen LogP contribution >= 0.6 is 0 Å². The van der Waals surface area contributed by atoms with Crippen molar-refractivity contribution < 1.29 is 4.79 Å². The van der Waals surface area contributed by atoms with Crippen LogP contribution < -0.4 is 5.43 Å². The Labute approximate surface area is 94.6 Å². The lowest BCUT2D eigenvalue weighted by Crippen LogP contribution is -2.43. The average Bonchev–Trinajstić information content (AvgIpc) is 2.27. The molecule has 0 saturated heterocycles. The van der Waals surface area contributed by atoms with Gasteiger partial charge in [0.1, 0.15) is 0 Å². The number of aryl methyl sites for hydroxylation is 1. The first-order valence-electron chi connectivity index (χ1n) is 5.64. The molecule has 1 N–H and O–H groups in total. The van der Waals surface area contributed by atoms with Crippen LogP contribution in [-0.4, -0.2) is 11.6 Å². The highest BCUT2D eigenvalue weighted by Gasteiger charge is 2.40. The van der Waals surface area contributed by atoms with E-state index in [9.17, 15) is 4.79 Å². The molecule has 1 aliphatic carbocycles. The lowest BCUT2D eigenvalue weighted by atomic mass is 9.69. The topological polar surface area (TPSA) is 41.5 Å². The standard InChI is InChI=1S/C13H14N2O/c1-13-7-6-9-4-2-3-5-10(9)12(13)15-14-11(16)8-13/h2-5H,6-8H2,1H3,(H,14,16)/t13-/m0/s1. The molecule has 0 radical (unpaired) electrons. The van der Waals surface area contributed by atoms with Gasteiger partial charge in [-0.2, -0.15) is 5.10 Å². The fourth-order valence-electron chi connectivity index (χ4n) is 2.70. The SMILES string of the molecule is C[C@@]12CCc3ccccc3C1=NNC(=O)C2. The summed E-state index contributed by atoms with van der Waals surface area (Å²) in [6, 6.07) is 8.34. The summed E-state index contributed by atoms with van der Waals surface area (Å²) in [6.07, 6.45) is 2.61. The summed E-state index contributed by atoms with van der Waals surface area (Å²) in [4.78, 5) is 11.4. The molecule has 1 heterocycles. The van der Waals surface area contributed by atoms with Crippen LogP contribution in [0.5, 0.6) is 0 Å². The van der Waals surface area contributed by atoms with Gasteiger partial charge in [0, 0.05) is 17.4 Å². The summed E-state index contributed by atoms with van der Waals surface area (Å²) in [5, 5.41) is 4.26. The molecule has 1 aliphatic heterocycles. The molecule has 1 aromatic carbocycles. The van der Waals surface area contributed by atoms with Crippen molar-refractivity contribution in [3.63, 3.8) is 0 Å². The normalized spacial score (nSPS) is 27.6. The van der Waals surface area contributed by atoms with E-state index in [0.29, 0.717) is 6.42 Å². The molecular formula is C13H14N2O. The number of carbonyl (C=O) groups excluding carboxylic acids is 1. The minimum atomic E-state index is -0.0727. The Morgan fingerprint density at radius 3 is 3.06 bits per heavy atom. The lowest BCUT2D eigenvalue weighted by Gasteiger charge is -2.38. The van der Waals surface area contributed by atoms with Gasteiger partial charge in [0.25, 0.3) is 0 Å². The van der Waals surface area contributed by atoms with Crippen LogP contribution in [0.2, 0.25) is 0 Å². The predicted octanol–water partition coefficient (Wildman–Crippen LogP) is 1.86. The van der Waals surface area contributed by atoms with Crippen molar-refractivity contribution in [3.05, 3.63) is 35.4 Å². The van der Waals surface area contributed by atoms with Gasteiger partial charge in [-0.05, 0) is 18.4 Å². The third-order valence-corrected chi connectivity index (χ3v) is 3.63. The van der Waals surface area contributed by atoms with Crippen LogP contribution in [0.3, 0.4) is 0 Å². The Bertz CT molecular complexity index is 492. The number of nitrogens with zero attached hydrogens (tertiary/aromatic N) is 1. The number of carbonyl (C=O) groups is 1. The van der Waals surface area contributed by atoms with E-state index in [1.54, 1.807) is 0 Å². The maximum absolute atomic E-state index is 11.4. The second-order valence-electron chi connectivity index (χ2n) is 4.89. The minimum Gasteiger partial charge on any atom is -0.273 e. The van der Waals surface area contributed by atoms with Gasteiger partial charge in [-0.15, -0.1) is 0 Å². The highest BCUT2D eigenvalue weighted by molar-refractivity contribution is 6.09. The van der Waals surface area contributed by atoms with Gasteiger partial charge >= 0.3 is 0 Å². The Kier molecular flexibility index (Phi) is 1.90. The van der Waals surface area contributed by atoms with Crippen LogP contribution in [0.25, 0.3) is 0 Å². The van der Waals surface area contributed by atoms with Crippen molar-refractivity contribution >= 4 is 11.6 Å². The summed E-state index contributed by atoms with van der Waals surface area (Å²) < 4.78 is 0. The second-order valence-corrected chi connectivity index (χ2v) is 4.89. The minimum absolute atomic E-state index is 0.0330. The molecule has 1 aromatic rings. The monoisotopic (exact) mass is 214 g/mol. The van der Waals surface area contributed by atoms with Gasteiger partial charge in [-0.3, -0.25) is 4.79 Å². The van der Waals surface area contributed by atoms with E-state index < -0.39 is 0 Å². The first kappa shape index (κ1) is 9.58. The molecule has 0 aromatic heterocycles. The van der Waals surface area contributed by atoms with E-state index in [1.165, 1.54) is 11.1 Å². The molecular weight excluding hydrogens is 200 g/mol. The molecule has 3 rings (SSSR count). The Balaban J connectivity index is 2.16. The average molecular weight is 214 g/mol. The molecule has 0 spiro atoms. The van der Waals surface area contributed by atoms with E-state index in [4.69, 9.17) is 0 Å². The van der Waals surface area contributed by atoms with E-state index >= 15 is 0 Å². The number of nitrogens with one attached hydrogen (secondary N) is 1. The van der Waals surface area contributed by atoms with Gasteiger partial charge in [0.2, 0.25) is 5.91 Å². The van der Waals surface area contributed by atoms with E-state index in [2.05, 4.69) is 35.7 Å². The maximum Gasteiger partial charge on any atom is 0.241 e. The van der Waals surface area contributed by atoms with Gasteiger partial charge in [0.05, 0.1) is 5.71 Å². The Morgan fingerprint density at radius 1 is 1.38 bits per heavy atom. The summed E-state index contributed by atoms with van der Waals surface area (Å²) in [5.74, 6) is 0.0330. The molecule has 1 amide bonds. The highest BCUT2D eigenvalue weighted by Crippen LogP contribution is 2.39. The zero-order chi connectivity index (χ0) is 11.2. The van der Waals surface area contributed by atoms with E-state index in [1.807, 2.05) is 6.07 Å². The van der Waals surface area contributed by atoms with Crippen molar-refractivity contribution in [2.45, 2.75) is 26.2 Å². The lowest BCUT2D eigenvalue weighted by molar-refractivity contribution is -0.123. The largest absolute Gasteiger partial charge is 0.273 e. The van der Waals surface area contributed by atoms with Crippen LogP contribution in [0.1, 0.15) is 30.9 Å². The van der Waals surface area contributed by atoms with Crippen molar-refractivity contribution in [2.24, 2.45) is 10.5 Å². The van der Waals surface area contributed by atoms with Crippen LogP contribution in [-0.2, 0) is 11.2 Å².